The lowest BCUT2D eigenvalue weighted by atomic mass is 9.46. The monoisotopic (exact) mass is 453 g/mol. The number of nitrogens with two attached hydrogens (primary N) is 1. The van der Waals surface area contributed by atoms with Gasteiger partial charge in [-0.3, -0.25) is 4.79 Å². The molecule has 2 aromatic rings. The molecule has 1 unspecified atom stereocenters. The van der Waals surface area contributed by atoms with E-state index in [4.69, 9.17) is 18.0 Å². The molecule has 3 saturated carbocycles. The van der Waals surface area contributed by atoms with Gasteiger partial charge in [0.1, 0.15) is 10.2 Å². The van der Waals surface area contributed by atoms with Gasteiger partial charge in [0.2, 0.25) is 5.95 Å². The highest BCUT2D eigenvalue weighted by atomic mass is 32.1. The minimum Gasteiger partial charge on any atom is -0.393 e. The van der Waals surface area contributed by atoms with E-state index in [-0.39, 0.29) is 34.7 Å². The molecule has 2 heterocycles. The maximum atomic E-state index is 12.9. The Balaban J connectivity index is 1.49. The molecule has 4 N–H and O–H groups in total. The second-order valence-corrected chi connectivity index (χ2v) is 11.4. The first-order valence-electron chi connectivity index (χ1n) is 11.9. The zero-order chi connectivity index (χ0) is 22.4. The molecule has 32 heavy (non-hydrogen) atoms. The van der Waals surface area contributed by atoms with Gasteiger partial charge < -0.3 is 20.4 Å². The van der Waals surface area contributed by atoms with Crippen LogP contribution >= 0.6 is 12.2 Å². The fraction of sp³-hybridized carbons (Fsp3) is 0.667. The summed E-state index contributed by atoms with van der Waals surface area (Å²) in [6, 6.07) is -0.0628. The first kappa shape index (κ1) is 20.5. The smallest absolute Gasteiger partial charge is 0.200 e. The molecule has 4 aliphatic carbocycles. The van der Waals surface area contributed by atoms with E-state index in [9.17, 15) is 9.90 Å². The van der Waals surface area contributed by atoms with Crippen molar-refractivity contribution in [2.24, 2.45) is 28.6 Å². The summed E-state index contributed by atoms with van der Waals surface area (Å²) in [6.07, 6.45) is 10.2. The van der Waals surface area contributed by atoms with Gasteiger partial charge in [-0.25, -0.2) is 4.98 Å². The lowest BCUT2D eigenvalue weighted by Crippen LogP contribution is -2.54. The van der Waals surface area contributed by atoms with E-state index in [0.717, 1.165) is 38.5 Å². The molecule has 0 bridgehead atoms. The van der Waals surface area contributed by atoms with Crippen LogP contribution in [0.4, 0.5) is 5.95 Å². The van der Waals surface area contributed by atoms with Gasteiger partial charge >= 0.3 is 0 Å². The molecule has 8 heteroatoms. The van der Waals surface area contributed by atoms with Crippen LogP contribution in [-0.2, 0) is 4.79 Å². The van der Waals surface area contributed by atoms with Gasteiger partial charge in [0, 0.05) is 11.8 Å². The maximum Gasteiger partial charge on any atom is 0.200 e. The third-order valence-electron chi connectivity index (χ3n) is 9.80. The van der Waals surface area contributed by atoms with Gasteiger partial charge in [-0.2, -0.15) is 4.98 Å². The van der Waals surface area contributed by atoms with Crippen LogP contribution in [-0.4, -0.2) is 36.5 Å². The van der Waals surface area contributed by atoms with Crippen molar-refractivity contribution in [1.82, 2.24) is 19.5 Å². The number of fused-ring (bicyclic) bond motifs is 6. The SMILES string of the molecule is C[C@]12CC[C@H]3[C@@H](CCC4=CC(=O)CC(n5cnc6c(=S)[nH]c(N)nc65)[C@@]43C)[C@@H]1CC[C@@H]2O. The molecule has 0 aliphatic heterocycles. The Bertz CT molecular complexity index is 1220. The lowest BCUT2D eigenvalue weighted by Gasteiger charge is -2.59. The van der Waals surface area contributed by atoms with Crippen LogP contribution in [0.3, 0.4) is 0 Å². The van der Waals surface area contributed by atoms with Crippen molar-refractivity contribution in [3.05, 3.63) is 22.6 Å². The zero-order valence-corrected chi connectivity index (χ0v) is 19.5. The molecular weight excluding hydrogens is 422 g/mol. The number of carbonyl (C=O) groups excluding carboxylic acids is 1. The molecule has 3 fully saturated rings. The van der Waals surface area contributed by atoms with Gasteiger partial charge in [-0.15, -0.1) is 0 Å². The Morgan fingerprint density at radius 2 is 2.06 bits per heavy atom. The highest BCUT2D eigenvalue weighted by Crippen LogP contribution is 2.67. The molecular formula is C24H31N5O2S. The average Bonchev–Trinajstić information content (AvgIpc) is 3.29. The number of anilines is 1. The number of allylic oxidation sites excluding steroid dienone is 1. The number of nitrogens with zero attached hydrogens (tertiary/aromatic N) is 3. The van der Waals surface area contributed by atoms with Crippen LogP contribution in [0, 0.1) is 33.2 Å². The van der Waals surface area contributed by atoms with Crippen LogP contribution in [0.2, 0.25) is 0 Å². The van der Waals surface area contributed by atoms with Crippen molar-refractivity contribution in [2.75, 3.05) is 5.73 Å². The minimum absolute atomic E-state index is 0.0312. The molecule has 6 rings (SSSR count). The summed E-state index contributed by atoms with van der Waals surface area (Å²) < 4.78 is 2.55. The quantitative estimate of drug-likeness (QED) is 0.561. The van der Waals surface area contributed by atoms with Gasteiger partial charge in [-0.1, -0.05) is 31.6 Å². The molecule has 170 valence electrons. The van der Waals surface area contributed by atoms with Crippen LogP contribution in [0.15, 0.2) is 18.0 Å². The number of aromatic nitrogens is 4. The summed E-state index contributed by atoms with van der Waals surface area (Å²) in [5.41, 5.74) is 8.43. The molecule has 4 aliphatic rings. The Morgan fingerprint density at radius 1 is 1.25 bits per heavy atom. The number of aliphatic hydroxyl groups excluding tert-OH is 1. The number of nitrogens with one attached hydrogen (secondary N) is 1. The van der Waals surface area contributed by atoms with E-state index in [1.807, 2.05) is 6.08 Å². The second kappa shape index (κ2) is 6.73. The Morgan fingerprint density at radius 3 is 2.88 bits per heavy atom. The van der Waals surface area contributed by atoms with E-state index in [2.05, 4.69) is 33.4 Å². The average molecular weight is 454 g/mol. The van der Waals surface area contributed by atoms with Crippen molar-refractivity contribution >= 4 is 35.1 Å². The normalized spacial score (nSPS) is 41.2. The number of ketones is 1. The summed E-state index contributed by atoms with van der Waals surface area (Å²) in [4.78, 5) is 24.8. The van der Waals surface area contributed by atoms with Crippen molar-refractivity contribution in [2.45, 2.75) is 70.9 Å². The van der Waals surface area contributed by atoms with Crippen molar-refractivity contribution in [3.8, 4) is 0 Å². The minimum atomic E-state index is -0.187. The van der Waals surface area contributed by atoms with Gasteiger partial charge in [-0.05, 0) is 67.8 Å². The number of carbonyl (C=O) groups is 1. The van der Waals surface area contributed by atoms with Gasteiger partial charge in [0.15, 0.2) is 11.4 Å². The van der Waals surface area contributed by atoms with Crippen molar-refractivity contribution in [1.29, 1.82) is 0 Å². The third-order valence-corrected chi connectivity index (χ3v) is 10.1. The van der Waals surface area contributed by atoms with E-state index in [0.29, 0.717) is 40.0 Å². The third kappa shape index (κ3) is 2.56. The van der Waals surface area contributed by atoms with Crippen LogP contribution in [0.5, 0.6) is 0 Å². The summed E-state index contributed by atoms with van der Waals surface area (Å²) in [5, 5.41) is 10.8. The van der Waals surface area contributed by atoms with Crippen molar-refractivity contribution < 1.29 is 9.90 Å². The Labute approximate surface area is 192 Å². The van der Waals surface area contributed by atoms with E-state index >= 15 is 0 Å². The maximum absolute atomic E-state index is 12.9. The van der Waals surface area contributed by atoms with Crippen LogP contribution in [0.25, 0.3) is 11.2 Å². The predicted molar refractivity (Wildman–Crippen MR) is 124 cm³/mol. The standard InChI is InChI=1S/C24H31N5O2S/c1-23-8-7-16-14(15(23)5-6-18(23)31)4-3-12-9-13(30)10-17(24(12,16)2)29-11-26-19-20(29)27-22(25)28-21(19)32/h9,11,14-18,31H,3-8,10H2,1-2H3,(H3,25,27,28,32)/t14-,15-,16-,17?,18-,23-,24-/m0/s1. The van der Waals surface area contributed by atoms with E-state index < -0.39 is 0 Å². The molecule has 0 aromatic carbocycles. The molecule has 7 atom stereocenters. The number of hydrogen-bond acceptors (Lipinski definition) is 6. The molecule has 0 saturated heterocycles. The summed E-state index contributed by atoms with van der Waals surface area (Å²) >= 11 is 5.44. The van der Waals surface area contributed by atoms with Crippen LogP contribution < -0.4 is 5.73 Å². The Hall–Kier alpha value is -2.06. The number of nitrogen functional groups attached to an aromatic ring is 1. The summed E-state index contributed by atoms with van der Waals surface area (Å²) in [6.45, 7) is 4.67. The van der Waals surface area contributed by atoms with Gasteiger partial charge in [0.05, 0.1) is 18.5 Å². The van der Waals surface area contributed by atoms with E-state index in [1.165, 1.54) is 5.57 Å². The number of hydrogen-bond donors (Lipinski definition) is 3. The number of imidazole rings is 1. The number of aromatic amines is 1. The van der Waals surface area contributed by atoms with E-state index in [1.54, 1.807) is 6.33 Å². The highest BCUT2D eigenvalue weighted by molar-refractivity contribution is 7.71. The number of H-pyrrole nitrogens is 1. The molecule has 0 radical (unpaired) electrons. The topological polar surface area (TPSA) is 110 Å². The second-order valence-electron chi connectivity index (χ2n) is 11.0. The fourth-order valence-corrected chi connectivity index (χ4v) is 8.39. The first-order valence-corrected chi connectivity index (χ1v) is 12.3. The summed E-state index contributed by atoms with van der Waals surface area (Å²) in [7, 11) is 0. The molecule has 2 aromatic heterocycles. The molecule has 0 amide bonds. The van der Waals surface area contributed by atoms with Crippen LogP contribution in [0.1, 0.15) is 64.8 Å². The molecule has 7 nitrogen and oxygen atoms in total. The summed E-state index contributed by atoms with van der Waals surface area (Å²) in [5.74, 6) is 2.03. The van der Waals surface area contributed by atoms with Crippen molar-refractivity contribution in [3.63, 3.8) is 0 Å². The molecule has 0 spiro atoms. The number of rotatable bonds is 1. The zero-order valence-electron chi connectivity index (χ0n) is 18.7. The lowest BCUT2D eigenvalue weighted by molar-refractivity contribution is -0.121. The predicted octanol–water partition coefficient (Wildman–Crippen LogP) is 4.11. The largest absolute Gasteiger partial charge is 0.393 e. The number of aliphatic hydroxyl groups is 1. The fourth-order valence-electron chi connectivity index (χ4n) is 8.14. The first-order chi connectivity index (χ1) is 15.2. The highest BCUT2D eigenvalue weighted by Gasteiger charge is 2.61. The van der Waals surface area contributed by atoms with Gasteiger partial charge in [0.25, 0.3) is 0 Å². The Kier molecular flexibility index (Phi) is 4.32.